The van der Waals surface area contributed by atoms with Crippen molar-refractivity contribution in [3.05, 3.63) is 39.4 Å². The van der Waals surface area contributed by atoms with Gasteiger partial charge in [0.25, 0.3) is 0 Å². The van der Waals surface area contributed by atoms with Gasteiger partial charge in [-0.3, -0.25) is 0 Å². The van der Waals surface area contributed by atoms with E-state index in [0.29, 0.717) is 0 Å². The first-order chi connectivity index (χ1) is 8.08. The summed E-state index contributed by atoms with van der Waals surface area (Å²) in [4.78, 5) is 10.7. The van der Waals surface area contributed by atoms with E-state index in [9.17, 15) is 0 Å². The molecule has 90 valence electrons. The highest BCUT2D eigenvalue weighted by molar-refractivity contribution is 9.11. The zero-order valence-electron chi connectivity index (χ0n) is 9.56. The lowest BCUT2D eigenvalue weighted by molar-refractivity contribution is 0.754. The Hall–Kier alpha value is -0.880. The topological polar surface area (TPSA) is 34.0 Å². The molecule has 0 bridgehead atoms. The Morgan fingerprint density at radius 1 is 1.35 bits per heavy atom. The third kappa shape index (κ3) is 2.87. The summed E-state index contributed by atoms with van der Waals surface area (Å²) >= 11 is 6.90. The van der Waals surface area contributed by atoms with Crippen molar-refractivity contribution >= 4 is 37.7 Å². The van der Waals surface area contributed by atoms with E-state index in [1.165, 1.54) is 0 Å². The van der Waals surface area contributed by atoms with Gasteiger partial charge in [-0.25, -0.2) is 9.97 Å². The first kappa shape index (κ1) is 12.6. The molecule has 0 aromatic carbocycles. The molecule has 0 saturated heterocycles. The number of imidazole rings is 1. The summed E-state index contributed by atoms with van der Waals surface area (Å²) in [7, 11) is 3.98. The maximum atomic E-state index is 4.38. The van der Waals surface area contributed by atoms with Gasteiger partial charge in [0.15, 0.2) is 0 Å². The SMILES string of the molecule is CN(Cc1nccn1C)c1ncc(Br)cc1Br. The molecule has 0 amide bonds. The summed E-state index contributed by atoms with van der Waals surface area (Å²) in [5, 5.41) is 0. The Morgan fingerprint density at radius 3 is 2.71 bits per heavy atom. The number of hydrogen-bond acceptors (Lipinski definition) is 3. The molecule has 2 rings (SSSR count). The number of aromatic nitrogens is 3. The van der Waals surface area contributed by atoms with Gasteiger partial charge >= 0.3 is 0 Å². The highest BCUT2D eigenvalue weighted by atomic mass is 79.9. The molecule has 2 aromatic rings. The van der Waals surface area contributed by atoms with Crippen LogP contribution in [0.2, 0.25) is 0 Å². The number of rotatable bonds is 3. The third-order valence-corrected chi connectivity index (χ3v) is 3.47. The molecule has 0 fully saturated rings. The number of aryl methyl sites for hydroxylation is 1. The summed E-state index contributed by atoms with van der Waals surface area (Å²) in [5.41, 5.74) is 0. The number of nitrogens with zero attached hydrogens (tertiary/aromatic N) is 4. The van der Waals surface area contributed by atoms with Gasteiger partial charge in [0.1, 0.15) is 11.6 Å². The zero-order chi connectivity index (χ0) is 12.4. The first-order valence-electron chi connectivity index (χ1n) is 5.06. The first-order valence-corrected chi connectivity index (χ1v) is 6.65. The second-order valence-electron chi connectivity index (χ2n) is 3.77. The predicted molar refractivity (Wildman–Crippen MR) is 75.0 cm³/mol. The molecule has 0 saturated carbocycles. The van der Waals surface area contributed by atoms with Crippen molar-refractivity contribution in [1.82, 2.24) is 14.5 Å². The van der Waals surface area contributed by atoms with Crippen molar-refractivity contribution in [3.63, 3.8) is 0 Å². The molecule has 0 N–H and O–H groups in total. The minimum absolute atomic E-state index is 0.719. The molecule has 4 nitrogen and oxygen atoms in total. The Morgan fingerprint density at radius 2 is 2.12 bits per heavy atom. The lowest BCUT2D eigenvalue weighted by Crippen LogP contribution is -2.20. The number of halogens is 2. The van der Waals surface area contributed by atoms with E-state index in [1.54, 1.807) is 12.4 Å². The van der Waals surface area contributed by atoms with E-state index in [2.05, 4.69) is 46.7 Å². The average Bonchev–Trinajstić information content (AvgIpc) is 2.64. The molecular weight excluding hydrogens is 348 g/mol. The van der Waals surface area contributed by atoms with Crippen molar-refractivity contribution in [1.29, 1.82) is 0 Å². The van der Waals surface area contributed by atoms with E-state index < -0.39 is 0 Å². The van der Waals surface area contributed by atoms with Crippen LogP contribution in [0.25, 0.3) is 0 Å². The van der Waals surface area contributed by atoms with Crippen molar-refractivity contribution in [2.75, 3.05) is 11.9 Å². The maximum absolute atomic E-state index is 4.38. The molecule has 0 aliphatic heterocycles. The van der Waals surface area contributed by atoms with Gasteiger partial charge in [-0.2, -0.15) is 0 Å². The van der Waals surface area contributed by atoms with E-state index in [4.69, 9.17) is 0 Å². The second-order valence-corrected chi connectivity index (χ2v) is 5.54. The number of pyridine rings is 1. The van der Waals surface area contributed by atoms with E-state index >= 15 is 0 Å². The highest BCUT2D eigenvalue weighted by Gasteiger charge is 2.10. The van der Waals surface area contributed by atoms with Crippen LogP contribution in [0.4, 0.5) is 5.82 Å². The summed E-state index contributed by atoms with van der Waals surface area (Å²) in [6.07, 6.45) is 5.52. The van der Waals surface area contributed by atoms with Gasteiger partial charge < -0.3 is 9.47 Å². The largest absolute Gasteiger partial charge is 0.351 e. The maximum Gasteiger partial charge on any atom is 0.143 e. The molecule has 0 spiro atoms. The van der Waals surface area contributed by atoms with Crippen LogP contribution >= 0.6 is 31.9 Å². The average molecular weight is 360 g/mol. The quantitative estimate of drug-likeness (QED) is 0.844. The predicted octanol–water partition coefficient (Wildman–Crippen LogP) is 2.98. The monoisotopic (exact) mass is 358 g/mol. The van der Waals surface area contributed by atoms with Crippen LogP contribution in [0.3, 0.4) is 0 Å². The van der Waals surface area contributed by atoms with Gasteiger partial charge in [-0.15, -0.1) is 0 Å². The van der Waals surface area contributed by atoms with E-state index in [-0.39, 0.29) is 0 Å². The molecule has 17 heavy (non-hydrogen) atoms. The normalized spacial score (nSPS) is 10.6. The van der Waals surface area contributed by atoms with Gasteiger partial charge in [-0.05, 0) is 37.9 Å². The Bertz CT molecular complexity index is 524. The van der Waals surface area contributed by atoms with Crippen LogP contribution in [0.5, 0.6) is 0 Å². The zero-order valence-corrected chi connectivity index (χ0v) is 12.7. The minimum atomic E-state index is 0.719. The summed E-state index contributed by atoms with van der Waals surface area (Å²) < 4.78 is 3.92. The number of anilines is 1. The van der Waals surface area contributed by atoms with Gasteiger partial charge in [0.2, 0.25) is 0 Å². The third-order valence-electron chi connectivity index (χ3n) is 2.45. The van der Waals surface area contributed by atoms with E-state index in [0.717, 1.165) is 27.1 Å². The van der Waals surface area contributed by atoms with Crippen molar-refractivity contribution in [3.8, 4) is 0 Å². The fraction of sp³-hybridized carbons (Fsp3) is 0.273. The standard InChI is InChI=1S/C11H12Br2N4/c1-16-4-3-14-10(16)7-17(2)11-9(13)5-8(12)6-15-11/h3-6H,7H2,1-2H3. The minimum Gasteiger partial charge on any atom is -0.351 e. The molecule has 0 atom stereocenters. The molecule has 0 unspecified atom stereocenters. The van der Waals surface area contributed by atoms with Crippen molar-refractivity contribution in [2.24, 2.45) is 7.05 Å². The lowest BCUT2D eigenvalue weighted by atomic mass is 10.4. The summed E-state index contributed by atoms with van der Waals surface area (Å²) in [6.45, 7) is 0.719. The van der Waals surface area contributed by atoms with Gasteiger partial charge in [0, 0.05) is 37.2 Å². The van der Waals surface area contributed by atoms with Crippen molar-refractivity contribution in [2.45, 2.75) is 6.54 Å². The van der Waals surface area contributed by atoms with Crippen LogP contribution in [0.1, 0.15) is 5.82 Å². The lowest BCUT2D eigenvalue weighted by Gasteiger charge is -2.19. The van der Waals surface area contributed by atoms with Crippen LogP contribution in [0.15, 0.2) is 33.6 Å². The van der Waals surface area contributed by atoms with Gasteiger partial charge in [0.05, 0.1) is 11.0 Å². The summed E-state index contributed by atoms with van der Waals surface area (Å²) in [6, 6.07) is 1.98. The highest BCUT2D eigenvalue weighted by Crippen LogP contribution is 2.26. The fourth-order valence-corrected chi connectivity index (χ4v) is 2.81. The Kier molecular flexibility index (Phi) is 3.83. The van der Waals surface area contributed by atoms with Crippen LogP contribution in [-0.2, 0) is 13.6 Å². The van der Waals surface area contributed by atoms with Gasteiger partial charge in [-0.1, -0.05) is 0 Å². The Balaban J connectivity index is 2.20. The van der Waals surface area contributed by atoms with E-state index in [1.807, 2.05) is 30.9 Å². The molecule has 6 heteroatoms. The molecule has 0 radical (unpaired) electrons. The van der Waals surface area contributed by atoms with Crippen molar-refractivity contribution < 1.29 is 0 Å². The molecule has 2 aromatic heterocycles. The van der Waals surface area contributed by atoms with Crippen LogP contribution in [0, 0.1) is 0 Å². The van der Waals surface area contributed by atoms with Crippen LogP contribution in [-0.4, -0.2) is 21.6 Å². The molecule has 0 aliphatic rings. The molecule has 2 heterocycles. The smallest absolute Gasteiger partial charge is 0.143 e. The van der Waals surface area contributed by atoms with Crippen LogP contribution < -0.4 is 4.90 Å². The number of hydrogen-bond donors (Lipinski definition) is 0. The fourth-order valence-electron chi connectivity index (χ4n) is 1.52. The molecular formula is C11H12Br2N4. The summed E-state index contributed by atoms with van der Waals surface area (Å²) in [5.74, 6) is 1.90. The Labute approximate surface area is 117 Å². The molecule has 0 aliphatic carbocycles. The second kappa shape index (κ2) is 5.18.